The molecule has 1 aliphatic rings. The Hall–Kier alpha value is -2.13. The number of carboxylic acid groups (broad SMARTS) is 1. The van der Waals surface area contributed by atoms with E-state index >= 15 is 0 Å². The summed E-state index contributed by atoms with van der Waals surface area (Å²) < 4.78 is 31.6. The van der Waals surface area contributed by atoms with Crippen molar-refractivity contribution < 1.29 is 27.9 Å². The highest BCUT2D eigenvalue weighted by atomic mass is 32.2. The summed E-state index contributed by atoms with van der Waals surface area (Å²) >= 11 is 0. The molecule has 0 atom stereocenters. The molecular weight excluding hydrogens is 348 g/mol. The second-order valence-corrected chi connectivity index (χ2v) is 7.62. The lowest BCUT2D eigenvalue weighted by atomic mass is 10.2. The van der Waals surface area contributed by atoms with Crippen molar-refractivity contribution in [3.05, 3.63) is 24.3 Å². The fourth-order valence-corrected chi connectivity index (χ4v) is 4.04. The number of hydrogen-bond donors (Lipinski definition) is 0. The van der Waals surface area contributed by atoms with Crippen LogP contribution in [-0.4, -0.2) is 62.8 Å². The molecule has 8 nitrogen and oxygen atoms in total. The van der Waals surface area contributed by atoms with Gasteiger partial charge in [0.25, 0.3) is 0 Å². The van der Waals surface area contributed by atoms with Crippen LogP contribution >= 0.6 is 0 Å². The van der Waals surface area contributed by atoms with Gasteiger partial charge in [0, 0.05) is 38.6 Å². The van der Waals surface area contributed by atoms with Crippen LogP contribution < -0.4 is 9.84 Å². The molecule has 0 spiro atoms. The average molecular weight is 369 g/mol. The molecule has 1 aromatic rings. The molecule has 0 aliphatic carbocycles. The van der Waals surface area contributed by atoms with E-state index in [0.29, 0.717) is 18.8 Å². The van der Waals surface area contributed by atoms with Gasteiger partial charge in [-0.1, -0.05) is 0 Å². The van der Waals surface area contributed by atoms with Crippen molar-refractivity contribution in [1.82, 2.24) is 9.21 Å². The van der Waals surface area contributed by atoms with E-state index in [-0.39, 0.29) is 43.2 Å². The Morgan fingerprint density at radius 1 is 1.08 bits per heavy atom. The van der Waals surface area contributed by atoms with E-state index in [0.717, 1.165) is 0 Å². The minimum atomic E-state index is -3.61. The molecule has 1 aliphatic heterocycles. The van der Waals surface area contributed by atoms with Crippen LogP contribution in [0.5, 0.6) is 5.75 Å². The minimum absolute atomic E-state index is 0.124. The molecule has 0 unspecified atom stereocenters. The summed E-state index contributed by atoms with van der Waals surface area (Å²) in [6.07, 6.45) is 0.197. The first kappa shape index (κ1) is 19.2. The maximum absolute atomic E-state index is 12.6. The number of sulfonamides is 1. The molecule has 0 saturated carbocycles. The molecule has 2 rings (SSSR count). The molecule has 138 valence electrons. The van der Waals surface area contributed by atoms with Crippen LogP contribution in [0, 0.1) is 0 Å². The number of benzene rings is 1. The number of carbonyl (C=O) groups excluding carboxylic acids is 2. The van der Waals surface area contributed by atoms with Gasteiger partial charge in [0.05, 0.1) is 12.0 Å². The van der Waals surface area contributed by atoms with Crippen molar-refractivity contribution in [3.63, 3.8) is 0 Å². The zero-order valence-corrected chi connectivity index (χ0v) is 14.8. The summed E-state index contributed by atoms with van der Waals surface area (Å²) in [7, 11) is -2.10. The predicted molar refractivity (Wildman–Crippen MR) is 87.2 cm³/mol. The number of rotatable bonds is 7. The zero-order chi connectivity index (χ0) is 18.4. The third kappa shape index (κ3) is 4.93. The number of ether oxygens (including phenoxy) is 1. The van der Waals surface area contributed by atoms with Crippen molar-refractivity contribution in [2.75, 3.05) is 33.3 Å². The van der Waals surface area contributed by atoms with Crippen LogP contribution in [-0.2, 0) is 19.6 Å². The molecule has 25 heavy (non-hydrogen) atoms. The van der Waals surface area contributed by atoms with Gasteiger partial charge in [0.15, 0.2) is 0 Å². The van der Waals surface area contributed by atoms with Gasteiger partial charge in [-0.25, -0.2) is 8.42 Å². The Morgan fingerprint density at radius 3 is 2.20 bits per heavy atom. The van der Waals surface area contributed by atoms with Gasteiger partial charge in [-0.2, -0.15) is 4.31 Å². The summed E-state index contributed by atoms with van der Waals surface area (Å²) in [6.45, 7) is 1.00. The standard InChI is InChI=1S/C16H22N2O6S/c1-24-13-5-7-14(8-6-13)25(22,23)18-11-9-17(10-12-18)15(19)3-2-4-16(20)21/h5-8H,2-4,9-12H2,1H3,(H,20,21)/p-1. The molecule has 1 fully saturated rings. The molecule has 1 aromatic carbocycles. The maximum Gasteiger partial charge on any atom is 0.243 e. The third-order valence-corrected chi connectivity index (χ3v) is 5.97. The summed E-state index contributed by atoms with van der Waals surface area (Å²) in [4.78, 5) is 24.1. The molecule has 0 radical (unpaired) electrons. The number of nitrogens with zero attached hydrogens (tertiary/aromatic N) is 2. The lowest BCUT2D eigenvalue weighted by molar-refractivity contribution is -0.305. The highest BCUT2D eigenvalue weighted by molar-refractivity contribution is 7.89. The first-order valence-electron chi connectivity index (χ1n) is 7.96. The van der Waals surface area contributed by atoms with E-state index < -0.39 is 16.0 Å². The Bertz CT molecular complexity index is 709. The topological polar surface area (TPSA) is 107 Å². The molecule has 1 amide bonds. The predicted octanol–water partition coefficient (Wildman–Crippen LogP) is -0.552. The van der Waals surface area contributed by atoms with Crippen molar-refractivity contribution in [2.24, 2.45) is 0 Å². The number of piperazine rings is 1. The van der Waals surface area contributed by atoms with E-state index in [2.05, 4.69) is 0 Å². The van der Waals surface area contributed by atoms with Crippen molar-refractivity contribution in [3.8, 4) is 5.75 Å². The second kappa shape index (κ2) is 8.30. The van der Waals surface area contributed by atoms with Gasteiger partial charge in [0.2, 0.25) is 15.9 Å². The van der Waals surface area contributed by atoms with Crippen LogP contribution in [0.15, 0.2) is 29.2 Å². The lowest BCUT2D eigenvalue weighted by Gasteiger charge is -2.34. The molecule has 1 saturated heterocycles. The first-order valence-corrected chi connectivity index (χ1v) is 9.40. The Balaban J connectivity index is 1.91. The smallest absolute Gasteiger partial charge is 0.243 e. The largest absolute Gasteiger partial charge is 0.550 e. The molecular formula is C16H21N2O6S-. The molecule has 9 heteroatoms. The fraction of sp³-hybridized carbons (Fsp3) is 0.500. The quantitative estimate of drug-likeness (QED) is 0.638. The molecule has 0 bridgehead atoms. The van der Waals surface area contributed by atoms with E-state index in [1.807, 2.05) is 0 Å². The zero-order valence-electron chi connectivity index (χ0n) is 14.0. The van der Waals surface area contributed by atoms with Gasteiger partial charge in [-0.3, -0.25) is 4.79 Å². The highest BCUT2D eigenvalue weighted by Crippen LogP contribution is 2.20. The van der Waals surface area contributed by atoms with E-state index in [4.69, 9.17) is 4.74 Å². The third-order valence-electron chi connectivity index (χ3n) is 4.06. The number of aliphatic carboxylic acids is 1. The lowest BCUT2D eigenvalue weighted by Crippen LogP contribution is -2.50. The highest BCUT2D eigenvalue weighted by Gasteiger charge is 2.29. The number of hydrogen-bond acceptors (Lipinski definition) is 6. The monoisotopic (exact) mass is 369 g/mol. The number of methoxy groups -OCH3 is 1. The van der Waals surface area contributed by atoms with Crippen molar-refractivity contribution >= 4 is 21.9 Å². The van der Waals surface area contributed by atoms with E-state index in [1.54, 1.807) is 17.0 Å². The van der Waals surface area contributed by atoms with Crippen molar-refractivity contribution in [1.29, 1.82) is 0 Å². The number of carboxylic acids is 1. The Labute approximate surface area is 147 Å². The average Bonchev–Trinajstić information content (AvgIpc) is 2.61. The fourth-order valence-electron chi connectivity index (χ4n) is 2.62. The van der Waals surface area contributed by atoms with Crippen LogP contribution in [0.1, 0.15) is 19.3 Å². The van der Waals surface area contributed by atoms with Gasteiger partial charge in [0.1, 0.15) is 5.75 Å². The van der Waals surface area contributed by atoms with Gasteiger partial charge in [-0.05, 0) is 37.1 Å². The molecule has 0 aromatic heterocycles. The van der Waals surface area contributed by atoms with Crippen molar-refractivity contribution in [2.45, 2.75) is 24.2 Å². The van der Waals surface area contributed by atoms with Gasteiger partial charge >= 0.3 is 0 Å². The van der Waals surface area contributed by atoms with Crippen LogP contribution in [0.25, 0.3) is 0 Å². The Morgan fingerprint density at radius 2 is 1.68 bits per heavy atom. The number of amides is 1. The van der Waals surface area contributed by atoms with Gasteiger partial charge < -0.3 is 19.5 Å². The first-order chi connectivity index (χ1) is 11.8. The Kier molecular flexibility index (Phi) is 6.38. The molecule has 1 heterocycles. The summed E-state index contributed by atoms with van der Waals surface area (Å²) in [5.41, 5.74) is 0. The normalized spacial score (nSPS) is 15.8. The van der Waals surface area contributed by atoms with Crippen LogP contribution in [0.3, 0.4) is 0 Å². The summed E-state index contributed by atoms with van der Waals surface area (Å²) in [6, 6.07) is 6.16. The molecule has 0 N–H and O–H groups in total. The second-order valence-electron chi connectivity index (χ2n) is 5.69. The SMILES string of the molecule is COc1ccc(S(=O)(=O)N2CCN(C(=O)CCCC(=O)[O-])CC2)cc1. The summed E-state index contributed by atoms with van der Waals surface area (Å²) in [5, 5.41) is 10.4. The number of carbonyl (C=O) groups is 2. The van der Waals surface area contributed by atoms with Gasteiger partial charge in [-0.15, -0.1) is 0 Å². The van der Waals surface area contributed by atoms with E-state index in [9.17, 15) is 23.1 Å². The minimum Gasteiger partial charge on any atom is -0.550 e. The van der Waals surface area contributed by atoms with E-state index in [1.165, 1.54) is 23.5 Å². The summed E-state index contributed by atoms with van der Waals surface area (Å²) in [5.74, 6) is -0.767. The van der Waals surface area contributed by atoms with Crippen LogP contribution in [0.4, 0.5) is 0 Å². The maximum atomic E-state index is 12.6. The van der Waals surface area contributed by atoms with Crippen LogP contribution in [0.2, 0.25) is 0 Å².